The summed E-state index contributed by atoms with van der Waals surface area (Å²) in [4.78, 5) is 23.0. The lowest BCUT2D eigenvalue weighted by Gasteiger charge is -2.11. The predicted octanol–water partition coefficient (Wildman–Crippen LogP) is 2.02. The Morgan fingerprint density at radius 1 is 1.21 bits per heavy atom. The molecule has 0 aliphatic carbocycles. The zero-order valence-corrected chi connectivity index (χ0v) is 11.5. The van der Waals surface area contributed by atoms with Gasteiger partial charge in [-0.2, -0.15) is 0 Å². The number of aryl methyl sites for hydroxylation is 1. The molecule has 0 heterocycles. The summed E-state index contributed by atoms with van der Waals surface area (Å²) in [7, 11) is 0. The lowest BCUT2D eigenvalue weighted by molar-refractivity contribution is -0.116. The van der Waals surface area contributed by atoms with Crippen LogP contribution in [0.4, 0.5) is 11.4 Å². The second kappa shape index (κ2) is 7.53. The number of nitrogens with one attached hydrogen (secondary N) is 2. The van der Waals surface area contributed by atoms with Crippen LogP contribution in [0.2, 0.25) is 0 Å². The molecule has 0 saturated heterocycles. The first-order valence-corrected chi connectivity index (χ1v) is 6.47. The first-order valence-electron chi connectivity index (χ1n) is 6.47. The summed E-state index contributed by atoms with van der Waals surface area (Å²) in [5.41, 5.74) is 7.73. The summed E-state index contributed by atoms with van der Waals surface area (Å²) in [5.74, 6) is -0.114. The molecule has 4 N–H and O–H groups in total. The Kier molecular flexibility index (Phi) is 6.02. The van der Waals surface area contributed by atoms with E-state index in [-0.39, 0.29) is 11.8 Å². The van der Waals surface area contributed by atoms with E-state index in [1.165, 1.54) is 0 Å². The van der Waals surface area contributed by atoms with E-state index in [2.05, 4.69) is 10.6 Å². The maximum Gasteiger partial charge on any atom is 0.224 e. The predicted molar refractivity (Wildman–Crippen MR) is 77.0 cm³/mol. The van der Waals surface area contributed by atoms with E-state index < -0.39 is 0 Å². The third kappa shape index (κ3) is 5.09. The molecule has 0 atom stereocenters. The number of hydrogen-bond acceptors (Lipinski definition) is 3. The topological polar surface area (TPSA) is 84.2 Å². The molecule has 0 radical (unpaired) electrons. The minimum atomic E-state index is -0.0625. The van der Waals surface area contributed by atoms with E-state index in [0.717, 1.165) is 11.3 Å². The van der Waals surface area contributed by atoms with Gasteiger partial charge in [0.25, 0.3) is 0 Å². The van der Waals surface area contributed by atoms with Crippen LogP contribution in [0.5, 0.6) is 0 Å². The summed E-state index contributed by atoms with van der Waals surface area (Å²) in [5, 5.41) is 5.60. The molecular weight excluding hydrogens is 242 g/mol. The van der Waals surface area contributed by atoms with Gasteiger partial charge >= 0.3 is 0 Å². The lowest BCUT2D eigenvalue weighted by Crippen LogP contribution is -2.15. The number of benzene rings is 1. The second-order valence-corrected chi connectivity index (χ2v) is 4.37. The van der Waals surface area contributed by atoms with Crippen LogP contribution in [0, 0.1) is 6.92 Å². The van der Waals surface area contributed by atoms with E-state index in [1.54, 1.807) is 13.0 Å². The van der Waals surface area contributed by atoms with Crippen molar-refractivity contribution in [3.8, 4) is 0 Å². The number of amides is 2. The molecule has 0 saturated carbocycles. The molecule has 0 bridgehead atoms. The van der Waals surface area contributed by atoms with Gasteiger partial charge in [0.15, 0.2) is 0 Å². The van der Waals surface area contributed by atoms with Crippen LogP contribution in [0.1, 0.15) is 31.7 Å². The molecule has 5 nitrogen and oxygen atoms in total. The lowest BCUT2D eigenvalue weighted by atomic mass is 10.1. The van der Waals surface area contributed by atoms with E-state index in [4.69, 9.17) is 5.73 Å². The van der Waals surface area contributed by atoms with Gasteiger partial charge in [0.05, 0.1) is 0 Å². The van der Waals surface area contributed by atoms with Crippen LogP contribution >= 0.6 is 0 Å². The Morgan fingerprint density at radius 3 is 2.58 bits per heavy atom. The van der Waals surface area contributed by atoms with Crippen LogP contribution in [0.25, 0.3) is 0 Å². The highest BCUT2D eigenvalue weighted by molar-refractivity contribution is 5.94. The van der Waals surface area contributed by atoms with E-state index in [0.29, 0.717) is 31.5 Å². The number of hydrogen-bond donors (Lipinski definition) is 3. The van der Waals surface area contributed by atoms with E-state index in [1.807, 2.05) is 19.1 Å². The van der Waals surface area contributed by atoms with Crippen LogP contribution in [0.3, 0.4) is 0 Å². The SMILES string of the molecule is CCC(=O)Nc1ccc(C)c(NC(=O)CCCN)c1. The molecule has 0 aliphatic heterocycles. The summed E-state index contributed by atoms with van der Waals surface area (Å²) in [6.07, 6.45) is 1.49. The van der Waals surface area contributed by atoms with Gasteiger partial charge in [0.2, 0.25) is 11.8 Å². The van der Waals surface area contributed by atoms with Crippen molar-refractivity contribution < 1.29 is 9.59 Å². The van der Waals surface area contributed by atoms with Crippen molar-refractivity contribution in [1.29, 1.82) is 0 Å². The number of carbonyl (C=O) groups excluding carboxylic acids is 2. The molecule has 0 fully saturated rings. The first kappa shape index (κ1) is 15.2. The summed E-state index contributed by atoms with van der Waals surface area (Å²) >= 11 is 0. The highest BCUT2D eigenvalue weighted by Crippen LogP contribution is 2.20. The van der Waals surface area contributed by atoms with Crippen LogP contribution < -0.4 is 16.4 Å². The number of rotatable bonds is 6. The van der Waals surface area contributed by atoms with Gasteiger partial charge in [-0.25, -0.2) is 0 Å². The van der Waals surface area contributed by atoms with Crippen molar-refractivity contribution in [2.45, 2.75) is 33.1 Å². The summed E-state index contributed by atoms with van der Waals surface area (Å²) in [6.45, 7) is 4.20. The van der Waals surface area contributed by atoms with Crippen molar-refractivity contribution in [3.05, 3.63) is 23.8 Å². The fourth-order valence-corrected chi connectivity index (χ4v) is 1.56. The Bertz CT molecular complexity index is 458. The van der Waals surface area contributed by atoms with Crippen molar-refractivity contribution >= 4 is 23.2 Å². The largest absolute Gasteiger partial charge is 0.330 e. The van der Waals surface area contributed by atoms with Gasteiger partial charge in [-0.05, 0) is 37.6 Å². The molecule has 0 aliphatic rings. The molecular formula is C14H21N3O2. The zero-order valence-electron chi connectivity index (χ0n) is 11.5. The molecule has 5 heteroatoms. The van der Waals surface area contributed by atoms with Gasteiger partial charge in [0, 0.05) is 24.2 Å². The average molecular weight is 263 g/mol. The second-order valence-electron chi connectivity index (χ2n) is 4.37. The van der Waals surface area contributed by atoms with Crippen molar-refractivity contribution in [2.75, 3.05) is 17.2 Å². The normalized spacial score (nSPS) is 10.1. The Labute approximate surface area is 113 Å². The first-order chi connectivity index (χ1) is 9.06. The molecule has 1 rings (SSSR count). The monoisotopic (exact) mass is 263 g/mol. The van der Waals surface area contributed by atoms with Gasteiger partial charge < -0.3 is 16.4 Å². The van der Waals surface area contributed by atoms with Crippen LogP contribution in [-0.4, -0.2) is 18.4 Å². The third-order valence-electron chi connectivity index (χ3n) is 2.72. The van der Waals surface area contributed by atoms with Crippen molar-refractivity contribution in [2.24, 2.45) is 5.73 Å². The Hall–Kier alpha value is -1.88. The van der Waals surface area contributed by atoms with Crippen molar-refractivity contribution in [1.82, 2.24) is 0 Å². The smallest absolute Gasteiger partial charge is 0.224 e. The standard InChI is InChI=1S/C14H21N3O2/c1-3-13(18)16-11-7-6-10(2)12(9-11)17-14(19)5-4-8-15/h6-7,9H,3-5,8,15H2,1-2H3,(H,16,18)(H,17,19). The van der Waals surface area contributed by atoms with Gasteiger partial charge in [-0.1, -0.05) is 13.0 Å². The summed E-state index contributed by atoms with van der Waals surface area (Å²) < 4.78 is 0. The van der Waals surface area contributed by atoms with E-state index >= 15 is 0 Å². The Balaban J connectivity index is 2.74. The molecule has 0 unspecified atom stereocenters. The van der Waals surface area contributed by atoms with Crippen LogP contribution in [0.15, 0.2) is 18.2 Å². The quantitative estimate of drug-likeness (QED) is 0.734. The fraction of sp³-hybridized carbons (Fsp3) is 0.429. The molecule has 1 aromatic carbocycles. The molecule has 1 aromatic rings. The molecule has 104 valence electrons. The van der Waals surface area contributed by atoms with Gasteiger partial charge in [-0.3, -0.25) is 9.59 Å². The third-order valence-corrected chi connectivity index (χ3v) is 2.72. The Morgan fingerprint density at radius 2 is 1.95 bits per heavy atom. The number of carbonyl (C=O) groups is 2. The maximum atomic E-state index is 11.7. The minimum Gasteiger partial charge on any atom is -0.330 e. The highest BCUT2D eigenvalue weighted by Gasteiger charge is 2.06. The van der Waals surface area contributed by atoms with Crippen LogP contribution in [-0.2, 0) is 9.59 Å². The number of nitrogens with two attached hydrogens (primary N) is 1. The maximum absolute atomic E-state index is 11.7. The fourth-order valence-electron chi connectivity index (χ4n) is 1.56. The molecule has 19 heavy (non-hydrogen) atoms. The van der Waals surface area contributed by atoms with E-state index in [9.17, 15) is 9.59 Å². The van der Waals surface area contributed by atoms with Crippen molar-refractivity contribution in [3.63, 3.8) is 0 Å². The molecule has 2 amide bonds. The molecule has 0 spiro atoms. The highest BCUT2D eigenvalue weighted by atomic mass is 16.2. The number of anilines is 2. The summed E-state index contributed by atoms with van der Waals surface area (Å²) in [6, 6.07) is 5.45. The average Bonchev–Trinajstić information content (AvgIpc) is 2.40. The molecule has 0 aromatic heterocycles. The minimum absolute atomic E-state index is 0.0516. The van der Waals surface area contributed by atoms with Gasteiger partial charge in [0.1, 0.15) is 0 Å². The zero-order chi connectivity index (χ0) is 14.3. The van der Waals surface area contributed by atoms with Gasteiger partial charge in [-0.15, -0.1) is 0 Å².